The van der Waals surface area contributed by atoms with Crippen molar-refractivity contribution in [3.8, 4) is 0 Å². The molecule has 0 bridgehead atoms. The summed E-state index contributed by atoms with van der Waals surface area (Å²) in [5, 5.41) is 13.2. The predicted molar refractivity (Wildman–Crippen MR) is 92.1 cm³/mol. The Kier molecular flexibility index (Phi) is 5.55. The highest BCUT2D eigenvalue weighted by atomic mass is 16.3. The van der Waals surface area contributed by atoms with Crippen LogP contribution in [0.3, 0.4) is 0 Å². The second kappa shape index (κ2) is 7.61. The minimum atomic E-state index is -0.650. The van der Waals surface area contributed by atoms with E-state index in [1.807, 2.05) is 49.4 Å². The topological polar surface area (TPSA) is 70.6 Å². The maximum Gasteiger partial charge on any atom is 0.193 e. The molecule has 0 fully saturated rings. The third-order valence-corrected chi connectivity index (χ3v) is 3.50. The third kappa shape index (κ3) is 4.60. The summed E-state index contributed by atoms with van der Waals surface area (Å²) in [5.41, 5.74) is 10.0. The van der Waals surface area contributed by atoms with Crippen molar-refractivity contribution in [1.29, 1.82) is 0 Å². The number of nitrogens with zero attached hydrogens (tertiary/aromatic N) is 1. The molecule has 4 heteroatoms. The van der Waals surface area contributed by atoms with Crippen molar-refractivity contribution in [2.75, 3.05) is 11.9 Å². The molecule has 0 spiro atoms. The smallest absolute Gasteiger partial charge is 0.193 e. The highest BCUT2D eigenvalue weighted by molar-refractivity contribution is 5.92. The van der Waals surface area contributed by atoms with Gasteiger partial charge >= 0.3 is 0 Å². The molecule has 22 heavy (non-hydrogen) atoms. The third-order valence-electron chi connectivity index (χ3n) is 3.50. The summed E-state index contributed by atoms with van der Waals surface area (Å²) < 4.78 is 0. The van der Waals surface area contributed by atoms with E-state index in [4.69, 9.17) is 5.73 Å². The van der Waals surface area contributed by atoms with Gasteiger partial charge in [0, 0.05) is 5.69 Å². The van der Waals surface area contributed by atoms with Gasteiger partial charge in [0.25, 0.3) is 0 Å². The SMILES string of the molecule is CCc1cccc(NC(N)=NCC(O)c2ccc(C)cc2)c1. The number of aryl methyl sites for hydroxylation is 2. The lowest BCUT2D eigenvalue weighted by molar-refractivity contribution is 0.187. The van der Waals surface area contributed by atoms with Gasteiger partial charge in [-0.05, 0) is 36.6 Å². The molecular formula is C18H23N3O. The summed E-state index contributed by atoms with van der Waals surface area (Å²) in [4.78, 5) is 4.21. The highest BCUT2D eigenvalue weighted by Crippen LogP contribution is 2.14. The maximum atomic E-state index is 10.1. The Morgan fingerprint density at radius 3 is 2.64 bits per heavy atom. The van der Waals surface area contributed by atoms with Gasteiger partial charge < -0.3 is 16.2 Å². The second-order valence-corrected chi connectivity index (χ2v) is 5.33. The molecule has 2 aromatic rings. The molecule has 0 aliphatic heterocycles. The van der Waals surface area contributed by atoms with E-state index in [0.29, 0.717) is 5.96 Å². The Labute approximate surface area is 131 Å². The molecule has 2 rings (SSSR count). The summed E-state index contributed by atoms with van der Waals surface area (Å²) in [6, 6.07) is 15.8. The summed E-state index contributed by atoms with van der Waals surface area (Å²) in [5.74, 6) is 0.305. The number of benzene rings is 2. The minimum Gasteiger partial charge on any atom is -0.386 e. The van der Waals surface area contributed by atoms with Crippen LogP contribution in [0.4, 0.5) is 5.69 Å². The number of aliphatic imine (C=N–C) groups is 1. The molecule has 1 unspecified atom stereocenters. The van der Waals surface area contributed by atoms with Crippen molar-refractivity contribution in [2.24, 2.45) is 10.7 Å². The Hall–Kier alpha value is -2.33. The molecular weight excluding hydrogens is 274 g/mol. The fourth-order valence-corrected chi connectivity index (χ4v) is 2.14. The van der Waals surface area contributed by atoms with Gasteiger partial charge in [-0.3, -0.25) is 4.99 Å². The fourth-order valence-electron chi connectivity index (χ4n) is 2.14. The number of hydrogen-bond acceptors (Lipinski definition) is 2. The number of nitrogens with one attached hydrogen (secondary N) is 1. The molecule has 0 radical (unpaired) electrons. The number of nitrogens with two attached hydrogens (primary N) is 1. The molecule has 0 aromatic heterocycles. The molecule has 4 N–H and O–H groups in total. The quantitative estimate of drug-likeness (QED) is 0.587. The molecule has 0 heterocycles. The first-order valence-corrected chi connectivity index (χ1v) is 7.49. The minimum absolute atomic E-state index is 0.232. The van der Waals surface area contributed by atoms with Gasteiger partial charge in [0.15, 0.2) is 5.96 Å². The van der Waals surface area contributed by atoms with Crippen LogP contribution in [0.25, 0.3) is 0 Å². The summed E-state index contributed by atoms with van der Waals surface area (Å²) >= 11 is 0. The van der Waals surface area contributed by atoms with Crippen molar-refractivity contribution in [2.45, 2.75) is 26.4 Å². The molecule has 0 amide bonds. The van der Waals surface area contributed by atoms with Crippen molar-refractivity contribution in [3.05, 3.63) is 65.2 Å². The lowest BCUT2D eigenvalue weighted by Gasteiger charge is -2.10. The molecule has 4 nitrogen and oxygen atoms in total. The van der Waals surface area contributed by atoms with Crippen molar-refractivity contribution in [3.63, 3.8) is 0 Å². The average Bonchev–Trinajstić information content (AvgIpc) is 2.53. The normalized spacial score (nSPS) is 13.0. The van der Waals surface area contributed by atoms with Crippen molar-refractivity contribution >= 4 is 11.6 Å². The van der Waals surface area contributed by atoms with Gasteiger partial charge in [-0.25, -0.2) is 0 Å². The van der Waals surface area contributed by atoms with Crippen LogP contribution < -0.4 is 11.1 Å². The first-order valence-electron chi connectivity index (χ1n) is 7.49. The summed E-state index contributed by atoms with van der Waals surface area (Å²) in [7, 11) is 0. The number of hydrogen-bond donors (Lipinski definition) is 3. The van der Waals surface area contributed by atoms with E-state index in [2.05, 4.69) is 23.3 Å². The lowest BCUT2D eigenvalue weighted by atomic mass is 10.1. The number of rotatable bonds is 5. The largest absolute Gasteiger partial charge is 0.386 e. The highest BCUT2D eigenvalue weighted by Gasteiger charge is 2.06. The lowest BCUT2D eigenvalue weighted by Crippen LogP contribution is -2.23. The van der Waals surface area contributed by atoms with Crippen LogP contribution in [-0.2, 0) is 6.42 Å². The first kappa shape index (κ1) is 16.0. The Morgan fingerprint density at radius 1 is 1.23 bits per heavy atom. The number of anilines is 1. The molecule has 0 saturated carbocycles. The first-order chi connectivity index (χ1) is 10.6. The van der Waals surface area contributed by atoms with Gasteiger partial charge in [-0.15, -0.1) is 0 Å². The molecule has 2 aromatic carbocycles. The summed E-state index contributed by atoms with van der Waals surface area (Å²) in [6.45, 7) is 4.35. The van der Waals surface area contributed by atoms with Crippen LogP contribution in [0.2, 0.25) is 0 Å². The van der Waals surface area contributed by atoms with Gasteiger partial charge in [0.1, 0.15) is 0 Å². The Bertz CT molecular complexity index is 635. The van der Waals surface area contributed by atoms with E-state index < -0.39 is 6.10 Å². The van der Waals surface area contributed by atoms with Crippen molar-refractivity contribution in [1.82, 2.24) is 0 Å². The Morgan fingerprint density at radius 2 is 1.95 bits per heavy atom. The van der Waals surface area contributed by atoms with E-state index in [0.717, 1.165) is 23.2 Å². The summed E-state index contributed by atoms with van der Waals surface area (Å²) in [6.07, 6.45) is 0.321. The number of guanidine groups is 1. The monoisotopic (exact) mass is 297 g/mol. The van der Waals surface area contributed by atoms with Gasteiger partial charge in [0.05, 0.1) is 12.6 Å². The number of aliphatic hydroxyl groups excluding tert-OH is 1. The fraction of sp³-hybridized carbons (Fsp3) is 0.278. The second-order valence-electron chi connectivity index (χ2n) is 5.33. The molecule has 1 atom stereocenters. The van der Waals surface area contributed by atoms with Gasteiger partial charge in [-0.1, -0.05) is 48.9 Å². The van der Waals surface area contributed by atoms with E-state index in [1.54, 1.807) is 0 Å². The Balaban J connectivity index is 1.95. The van der Waals surface area contributed by atoms with Crippen LogP contribution in [0, 0.1) is 6.92 Å². The average molecular weight is 297 g/mol. The number of aliphatic hydroxyl groups is 1. The van der Waals surface area contributed by atoms with Crippen LogP contribution in [0.5, 0.6) is 0 Å². The zero-order chi connectivity index (χ0) is 15.9. The van der Waals surface area contributed by atoms with E-state index in [1.165, 1.54) is 5.56 Å². The van der Waals surface area contributed by atoms with Crippen molar-refractivity contribution < 1.29 is 5.11 Å². The molecule has 0 saturated heterocycles. The zero-order valence-corrected chi connectivity index (χ0v) is 13.1. The maximum absolute atomic E-state index is 10.1. The molecule has 0 aliphatic carbocycles. The molecule has 0 aliphatic rings. The van der Waals surface area contributed by atoms with Crippen LogP contribution >= 0.6 is 0 Å². The van der Waals surface area contributed by atoms with Gasteiger partial charge in [-0.2, -0.15) is 0 Å². The van der Waals surface area contributed by atoms with Crippen LogP contribution in [0.15, 0.2) is 53.5 Å². The van der Waals surface area contributed by atoms with E-state index in [9.17, 15) is 5.11 Å². The van der Waals surface area contributed by atoms with Crippen LogP contribution in [-0.4, -0.2) is 17.6 Å². The standard InChI is InChI=1S/C18H23N3O/c1-3-14-5-4-6-16(11-14)21-18(19)20-12-17(22)15-9-7-13(2)8-10-15/h4-11,17,22H,3,12H2,1-2H3,(H3,19,20,21). The molecule has 116 valence electrons. The predicted octanol–water partition coefficient (Wildman–Crippen LogP) is 3.02. The van der Waals surface area contributed by atoms with Crippen LogP contribution in [0.1, 0.15) is 29.7 Å². The van der Waals surface area contributed by atoms with E-state index >= 15 is 0 Å². The zero-order valence-electron chi connectivity index (χ0n) is 13.1. The van der Waals surface area contributed by atoms with E-state index in [-0.39, 0.29) is 6.54 Å². The van der Waals surface area contributed by atoms with Gasteiger partial charge in [0.2, 0.25) is 0 Å².